The third kappa shape index (κ3) is 4.50. The monoisotopic (exact) mass is 460 g/mol. The first-order chi connectivity index (χ1) is 15.5. The molecular formula is C23H23F3N4O3. The van der Waals surface area contributed by atoms with Gasteiger partial charge in [-0.2, -0.15) is 13.2 Å². The number of halogens is 3. The fourth-order valence-electron chi connectivity index (χ4n) is 4.21. The lowest BCUT2D eigenvalue weighted by atomic mass is 9.99. The van der Waals surface area contributed by atoms with Gasteiger partial charge in [-0.25, -0.2) is 4.79 Å². The zero-order valence-electron chi connectivity index (χ0n) is 18.0. The number of hydrogen-bond donors (Lipinski definition) is 3. The molecule has 4 rings (SSSR count). The summed E-state index contributed by atoms with van der Waals surface area (Å²) in [5.74, 6) is -0.850. The molecule has 2 aromatic carbocycles. The van der Waals surface area contributed by atoms with Crippen molar-refractivity contribution in [3.8, 4) is 11.1 Å². The van der Waals surface area contributed by atoms with Crippen LogP contribution in [-0.4, -0.2) is 47.4 Å². The Kier molecular flexibility index (Phi) is 5.77. The highest BCUT2D eigenvalue weighted by Gasteiger charge is 2.45. The van der Waals surface area contributed by atoms with Crippen LogP contribution in [0.4, 0.5) is 23.7 Å². The summed E-state index contributed by atoms with van der Waals surface area (Å²) < 4.78 is 39.4. The topological polar surface area (TPSA) is 90.5 Å². The van der Waals surface area contributed by atoms with Gasteiger partial charge in [0.25, 0.3) is 5.91 Å². The molecule has 2 unspecified atom stereocenters. The highest BCUT2D eigenvalue weighted by atomic mass is 19.4. The zero-order valence-corrected chi connectivity index (χ0v) is 18.0. The van der Waals surface area contributed by atoms with E-state index in [1.165, 1.54) is 29.2 Å². The summed E-state index contributed by atoms with van der Waals surface area (Å²) in [7, 11) is 0. The minimum atomic E-state index is -4.49. The number of carbonyl (C=O) groups is 3. The predicted molar refractivity (Wildman–Crippen MR) is 116 cm³/mol. The summed E-state index contributed by atoms with van der Waals surface area (Å²) in [5, 5.41) is 8.19. The second-order valence-electron chi connectivity index (χ2n) is 8.44. The molecule has 0 radical (unpaired) electrons. The van der Waals surface area contributed by atoms with E-state index in [0.717, 1.165) is 12.1 Å². The van der Waals surface area contributed by atoms with E-state index in [4.69, 9.17) is 0 Å². The van der Waals surface area contributed by atoms with Crippen molar-refractivity contribution in [2.45, 2.75) is 44.6 Å². The predicted octanol–water partition coefficient (Wildman–Crippen LogP) is 3.62. The Morgan fingerprint density at radius 3 is 2.55 bits per heavy atom. The van der Waals surface area contributed by atoms with Crippen molar-refractivity contribution in [2.75, 3.05) is 11.9 Å². The van der Waals surface area contributed by atoms with E-state index in [0.29, 0.717) is 17.5 Å². The van der Waals surface area contributed by atoms with Crippen LogP contribution in [0.1, 0.15) is 36.2 Å². The largest absolute Gasteiger partial charge is 0.416 e. The molecule has 0 bridgehead atoms. The molecule has 2 heterocycles. The van der Waals surface area contributed by atoms with Crippen LogP contribution in [0.25, 0.3) is 11.1 Å². The van der Waals surface area contributed by atoms with E-state index in [1.807, 2.05) is 0 Å². The van der Waals surface area contributed by atoms with Gasteiger partial charge in [-0.1, -0.05) is 18.2 Å². The number of nitrogens with one attached hydrogen (secondary N) is 3. The number of rotatable bonds is 3. The average molecular weight is 460 g/mol. The third-order valence-corrected chi connectivity index (χ3v) is 5.69. The van der Waals surface area contributed by atoms with E-state index >= 15 is 0 Å². The van der Waals surface area contributed by atoms with Crippen LogP contribution >= 0.6 is 0 Å². The van der Waals surface area contributed by atoms with Crippen molar-refractivity contribution < 1.29 is 27.6 Å². The first-order valence-corrected chi connectivity index (χ1v) is 10.5. The van der Waals surface area contributed by atoms with Gasteiger partial charge in [-0.15, -0.1) is 0 Å². The standard InChI is InChI=1S/C23H23F3N4O3/c1-12(2)27-22(33)29-18-8-9-30-19(18)20(31)28-17-7-6-14(11-16(17)21(30)32)13-4-3-5-15(10-13)23(24,25)26/h3-7,10-12,18-19H,8-9H2,1-2H3,(H,28,31)(H2,27,29,33). The molecule has 3 N–H and O–H groups in total. The summed E-state index contributed by atoms with van der Waals surface area (Å²) in [4.78, 5) is 39.8. The quantitative estimate of drug-likeness (QED) is 0.654. The maximum Gasteiger partial charge on any atom is 0.416 e. The Labute approximate surface area is 188 Å². The van der Waals surface area contributed by atoms with E-state index in [-0.39, 0.29) is 23.8 Å². The van der Waals surface area contributed by atoms with Gasteiger partial charge in [0, 0.05) is 12.6 Å². The van der Waals surface area contributed by atoms with Gasteiger partial charge in [-0.3, -0.25) is 9.59 Å². The number of anilines is 1. The highest BCUT2D eigenvalue weighted by Crippen LogP contribution is 2.35. The van der Waals surface area contributed by atoms with Crippen LogP contribution in [0.2, 0.25) is 0 Å². The Morgan fingerprint density at radius 2 is 1.85 bits per heavy atom. The van der Waals surface area contributed by atoms with Gasteiger partial charge in [0.15, 0.2) is 0 Å². The van der Waals surface area contributed by atoms with Crippen molar-refractivity contribution in [1.82, 2.24) is 15.5 Å². The summed E-state index contributed by atoms with van der Waals surface area (Å²) in [5.41, 5.74) is 0.404. The Bertz CT molecular complexity index is 1120. The molecule has 1 fully saturated rings. The lowest BCUT2D eigenvalue weighted by Crippen LogP contribution is -2.54. The van der Waals surface area contributed by atoms with Crippen molar-refractivity contribution in [3.05, 3.63) is 53.6 Å². The fourth-order valence-corrected chi connectivity index (χ4v) is 4.21. The number of alkyl halides is 3. The first kappa shape index (κ1) is 22.6. The van der Waals surface area contributed by atoms with Crippen LogP contribution < -0.4 is 16.0 Å². The molecule has 0 spiro atoms. The third-order valence-electron chi connectivity index (χ3n) is 5.69. The van der Waals surface area contributed by atoms with Gasteiger partial charge in [0.1, 0.15) is 6.04 Å². The normalized spacial score (nSPS) is 20.1. The molecule has 2 aliphatic heterocycles. The molecule has 0 aromatic heterocycles. The summed E-state index contributed by atoms with van der Waals surface area (Å²) >= 11 is 0. The number of carbonyl (C=O) groups excluding carboxylic acids is 3. The van der Waals surface area contributed by atoms with Crippen LogP contribution in [0.3, 0.4) is 0 Å². The maximum atomic E-state index is 13.3. The number of amides is 4. The molecule has 10 heteroatoms. The average Bonchev–Trinajstić information content (AvgIpc) is 3.11. The Balaban J connectivity index is 1.63. The van der Waals surface area contributed by atoms with Crippen LogP contribution in [-0.2, 0) is 11.0 Å². The Hall–Kier alpha value is -3.56. The van der Waals surface area contributed by atoms with Crippen LogP contribution in [0.5, 0.6) is 0 Å². The van der Waals surface area contributed by atoms with E-state index < -0.39 is 41.7 Å². The zero-order chi connectivity index (χ0) is 23.9. The number of urea groups is 1. The van der Waals surface area contributed by atoms with Crippen LogP contribution in [0, 0.1) is 0 Å². The molecular weight excluding hydrogens is 437 g/mol. The van der Waals surface area contributed by atoms with Gasteiger partial charge in [0.2, 0.25) is 5.91 Å². The SMILES string of the molecule is CC(C)NC(=O)NC1CCN2C(=O)c3cc(-c4cccc(C(F)(F)F)c4)ccc3NC(=O)C12. The lowest BCUT2D eigenvalue weighted by molar-refractivity contribution is -0.137. The number of nitrogens with zero attached hydrogens (tertiary/aromatic N) is 1. The van der Waals surface area contributed by atoms with Gasteiger partial charge >= 0.3 is 12.2 Å². The number of fused-ring (bicyclic) bond motifs is 2. The summed E-state index contributed by atoms with van der Waals surface area (Å²) in [6.07, 6.45) is -4.09. The van der Waals surface area contributed by atoms with Gasteiger partial charge in [-0.05, 0) is 55.7 Å². The van der Waals surface area contributed by atoms with Crippen molar-refractivity contribution >= 4 is 23.5 Å². The second kappa shape index (κ2) is 8.42. The molecule has 174 valence electrons. The van der Waals surface area contributed by atoms with Gasteiger partial charge < -0.3 is 20.9 Å². The van der Waals surface area contributed by atoms with Gasteiger partial charge in [0.05, 0.1) is 22.9 Å². The fraction of sp³-hybridized carbons (Fsp3) is 0.348. The Morgan fingerprint density at radius 1 is 1.12 bits per heavy atom. The highest BCUT2D eigenvalue weighted by molar-refractivity contribution is 6.11. The van der Waals surface area contributed by atoms with Crippen molar-refractivity contribution in [2.24, 2.45) is 0 Å². The number of benzene rings is 2. The molecule has 1 saturated heterocycles. The lowest BCUT2D eigenvalue weighted by Gasteiger charge is -2.25. The molecule has 2 aliphatic rings. The van der Waals surface area contributed by atoms with Crippen molar-refractivity contribution in [1.29, 1.82) is 0 Å². The maximum absolute atomic E-state index is 13.3. The van der Waals surface area contributed by atoms with Crippen LogP contribution in [0.15, 0.2) is 42.5 Å². The molecule has 2 aromatic rings. The molecule has 4 amide bonds. The van der Waals surface area contributed by atoms with Crippen molar-refractivity contribution in [3.63, 3.8) is 0 Å². The minimum absolute atomic E-state index is 0.0920. The summed E-state index contributed by atoms with van der Waals surface area (Å²) in [6.45, 7) is 3.87. The van der Waals surface area contributed by atoms with E-state index in [2.05, 4.69) is 16.0 Å². The molecule has 0 aliphatic carbocycles. The smallest absolute Gasteiger partial charge is 0.336 e. The first-order valence-electron chi connectivity index (χ1n) is 10.5. The molecule has 0 saturated carbocycles. The molecule has 33 heavy (non-hydrogen) atoms. The second-order valence-corrected chi connectivity index (χ2v) is 8.44. The van der Waals surface area contributed by atoms with E-state index in [1.54, 1.807) is 19.9 Å². The summed E-state index contributed by atoms with van der Waals surface area (Å²) in [6, 6.07) is 7.43. The molecule has 7 nitrogen and oxygen atoms in total. The van der Waals surface area contributed by atoms with E-state index in [9.17, 15) is 27.6 Å². The number of hydrogen-bond acceptors (Lipinski definition) is 3. The minimum Gasteiger partial charge on any atom is -0.336 e. The molecule has 2 atom stereocenters.